The molecule has 0 aromatic heterocycles. The van der Waals surface area contributed by atoms with Crippen molar-refractivity contribution in [3.8, 4) is 0 Å². The lowest BCUT2D eigenvalue weighted by Crippen LogP contribution is -2.30. The predicted octanol–water partition coefficient (Wildman–Crippen LogP) is 5.69. The molecule has 0 N–H and O–H groups in total. The Morgan fingerprint density at radius 3 is 2.33 bits per heavy atom. The van der Waals surface area contributed by atoms with Crippen molar-refractivity contribution in [1.82, 2.24) is 0 Å². The summed E-state index contributed by atoms with van der Waals surface area (Å²) in [5.74, 6) is 0. The molecule has 3 rings (SSSR count). The van der Waals surface area contributed by atoms with Crippen LogP contribution in [0.25, 0.3) is 0 Å². The van der Waals surface area contributed by atoms with E-state index in [0.29, 0.717) is 0 Å². The van der Waals surface area contributed by atoms with Gasteiger partial charge in [-0.25, -0.2) is 0 Å². The number of benzene rings is 2. The molecule has 0 aliphatic carbocycles. The third-order valence-corrected chi connectivity index (χ3v) is 4.52. The van der Waals surface area contributed by atoms with Gasteiger partial charge in [-0.1, -0.05) is 67.9 Å². The molecule has 1 aliphatic heterocycles. The van der Waals surface area contributed by atoms with Gasteiger partial charge in [-0.15, -0.1) is 0 Å². The zero-order chi connectivity index (χ0) is 14.9. The number of nitrogens with zero attached hydrogens (tertiary/aromatic N) is 1. The summed E-state index contributed by atoms with van der Waals surface area (Å²) in [7, 11) is 0. The maximum Gasteiger partial charge on any atom is 0.0753 e. The van der Waals surface area contributed by atoms with Crippen molar-refractivity contribution in [3.63, 3.8) is 0 Å². The predicted molar refractivity (Wildman–Crippen MR) is 90.2 cm³/mol. The van der Waals surface area contributed by atoms with Gasteiger partial charge in [-0.2, -0.15) is 0 Å². The summed E-state index contributed by atoms with van der Waals surface area (Å²) in [4.78, 5) is 5.08. The van der Waals surface area contributed by atoms with E-state index in [4.69, 9.17) is 16.6 Å². The SMILES string of the molecule is CC1(C)CC[C@@H](c2ccc(Cl)cc2)N=C1c1ccccc1. The number of hydrogen-bond acceptors (Lipinski definition) is 1. The molecule has 2 aromatic carbocycles. The van der Waals surface area contributed by atoms with Gasteiger partial charge in [0.05, 0.1) is 6.04 Å². The third kappa shape index (κ3) is 3.03. The van der Waals surface area contributed by atoms with Crippen LogP contribution in [-0.4, -0.2) is 5.71 Å². The topological polar surface area (TPSA) is 12.4 Å². The van der Waals surface area contributed by atoms with Crippen LogP contribution >= 0.6 is 11.6 Å². The van der Waals surface area contributed by atoms with Gasteiger partial charge in [0.1, 0.15) is 0 Å². The number of aliphatic imine (C=N–C) groups is 1. The molecule has 0 amide bonds. The Morgan fingerprint density at radius 1 is 1.00 bits per heavy atom. The summed E-state index contributed by atoms with van der Waals surface area (Å²) >= 11 is 5.98. The minimum atomic E-state index is 0.129. The van der Waals surface area contributed by atoms with Crippen molar-refractivity contribution in [1.29, 1.82) is 0 Å². The zero-order valence-corrected chi connectivity index (χ0v) is 13.3. The molecule has 2 heteroatoms. The largest absolute Gasteiger partial charge is 0.280 e. The van der Waals surface area contributed by atoms with E-state index < -0.39 is 0 Å². The van der Waals surface area contributed by atoms with Crippen molar-refractivity contribution < 1.29 is 0 Å². The van der Waals surface area contributed by atoms with Crippen LogP contribution in [0.15, 0.2) is 59.6 Å². The summed E-state index contributed by atoms with van der Waals surface area (Å²) in [6.07, 6.45) is 2.24. The van der Waals surface area contributed by atoms with Crippen LogP contribution in [0.2, 0.25) is 5.02 Å². The Morgan fingerprint density at radius 2 is 1.67 bits per heavy atom. The molecule has 1 heterocycles. The van der Waals surface area contributed by atoms with Gasteiger partial charge in [0, 0.05) is 16.1 Å². The smallest absolute Gasteiger partial charge is 0.0753 e. The molecule has 0 spiro atoms. The first-order chi connectivity index (χ1) is 10.1. The van der Waals surface area contributed by atoms with Crippen LogP contribution in [0, 0.1) is 5.41 Å². The van der Waals surface area contributed by atoms with E-state index in [-0.39, 0.29) is 11.5 Å². The van der Waals surface area contributed by atoms with Gasteiger partial charge in [0.15, 0.2) is 0 Å². The Balaban J connectivity index is 2.00. The fourth-order valence-corrected chi connectivity index (χ4v) is 3.12. The lowest BCUT2D eigenvalue weighted by Gasteiger charge is -2.34. The standard InChI is InChI=1S/C19H20ClN/c1-19(2)13-12-17(14-8-10-16(20)11-9-14)21-18(19)15-6-4-3-5-7-15/h3-11,17H,12-13H2,1-2H3/t17-/m0/s1. The third-order valence-electron chi connectivity index (χ3n) is 4.27. The number of halogens is 1. The van der Waals surface area contributed by atoms with Crippen molar-refractivity contribution in [2.75, 3.05) is 0 Å². The molecule has 1 nitrogen and oxygen atoms in total. The molecular weight excluding hydrogens is 278 g/mol. The Bertz CT molecular complexity index is 641. The van der Waals surface area contributed by atoms with E-state index in [1.165, 1.54) is 16.8 Å². The van der Waals surface area contributed by atoms with Crippen molar-refractivity contribution >= 4 is 17.3 Å². The van der Waals surface area contributed by atoms with Gasteiger partial charge >= 0.3 is 0 Å². The highest BCUT2D eigenvalue weighted by Crippen LogP contribution is 2.39. The molecular formula is C19H20ClN. The average molecular weight is 298 g/mol. The second-order valence-electron chi connectivity index (χ2n) is 6.33. The number of rotatable bonds is 2. The first-order valence-corrected chi connectivity index (χ1v) is 7.83. The maximum atomic E-state index is 5.98. The van der Waals surface area contributed by atoms with Crippen molar-refractivity contribution in [3.05, 3.63) is 70.7 Å². The molecule has 0 unspecified atom stereocenters. The van der Waals surface area contributed by atoms with E-state index in [0.717, 1.165) is 17.9 Å². The summed E-state index contributed by atoms with van der Waals surface area (Å²) < 4.78 is 0. The molecule has 2 aromatic rings. The van der Waals surface area contributed by atoms with Gasteiger partial charge in [0.2, 0.25) is 0 Å². The molecule has 0 bridgehead atoms. The quantitative estimate of drug-likeness (QED) is 0.675. The maximum absolute atomic E-state index is 5.98. The second-order valence-corrected chi connectivity index (χ2v) is 6.77. The van der Waals surface area contributed by atoms with Gasteiger partial charge < -0.3 is 0 Å². The fourth-order valence-electron chi connectivity index (χ4n) is 3.00. The molecule has 0 fully saturated rings. The highest BCUT2D eigenvalue weighted by atomic mass is 35.5. The molecule has 0 saturated heterocycles. The minimum absolute atomic E-state index is 0.129. The van der Waals surface area contributed by atoms with Gasteiger partial charge in [-0.3, -0.25) is 4.99 Å². The number of hydrogen-bond donors (Lipinski definition) is 0. The minimum Gasteiger partial charge on any atom is -0.280 e. The van der Waals surface area contributed by atoms with E-state index in [1.807, 2.05) is 12.1 Å². The second kappa shape index (κ2) is 5.65. The fraction of sp³-hybridized carbons (Fsp3) is 0.316. The van der Waals surface area contributed by atoms with Crippen molar-refractivity contribution in [2.45, 2.75) is 32.7 Å². The molecule has 1 atom stereocenters. The van der Waals surface area contributed by atoms with E-state index >= 15 is 0 Å². The summed E-state index contributed by atoms with van der Waals surface area (Å²) in [6, 6.07) is 18.9. The van der Waals surface area contributed by atoms with E-state index in [1.54, 1.807) is 0 Å². The van der Waals surface area contributed by atoms with E-state index in [2.05, 4.69) is 56.3 Å². The Hall–Kier alpha value is -1.60. The molecule has 0 saturated carbocycles. The lowest BCUT2D eigenvalue weighted by atomic mass is 9.75. The highest BCUT2D eigenvalue weighted by Gasteiger charge is 2.32. The normalized spacial score (nSPS) is 20.9. The molecule has 108 valence electrons. The van der Waals surface area contributed by atoms with Crippen LogP contribution in [-0.2, 0) is 0 Å². The summed E-state index contributed by atoms with van der Waals surface area (Å²) in [5.41, 5.74) is 3.84. The van der Waals surface area contributed by atoms with Crippen LogP contribution < -0.4 is 0 Å². The highest BCUT2D eigenvalue weighted by molar-refractivity contribution is 6.30. The van der Waals surface area contributed by atoms with Crippen LogP contribution in [0.1, 0.15) is 43.9 Å². The first kappa shape index (κ1) is 14.3. The molecule has 21 heavy (non-hydrogen) atoms. The van der Waals surface area contributed by atoms with Gasteiger partial charge in [0.25, 0.3) is 0 Å². The van der Waals surface area contributed by atoms with Gasteiger partial charge in [-0.05, 0) is 36.1 Å². The lowest BCUT2D eigenvalue weighted by molar-refractivity contribution is 0.401. The van der Waals surface area contributed by atoms with Crippen LogP contribution in [0.3, 0.4) is 0 Å². The monoisotopic (exact) mass is 297 g/mol. The zero-order valence-electron chi connectivity index (χ0n) is 12.5. The van der Waals surface area contributed by atoms with E-state index in [9.17, 15) is 0 Å². The summed E-state index contributed by atoms with van der Waals surface area (Å²) in [5, 5.41) is 0.780. The van der Waals surface area contributed by atoms with Crippen LogP contribution in [0.5, 0.6) is 0 Å². The van der Waals surface area contributed by atoms with Crippen LogP contribution in [0.4, 0.5) is 0 Å². The average Bonchev–Trinajstić information content (AvgIpc) is 2.49. The molecule has 1 aliphatic rings. The first-order valence-electron chi connectivity index (χ1n) is 7.45. The van der Waals surface area contributed by atoms with Crippen molar-refractivity contribution in [2.24, 2.45) is 10.4 Å². The Labute approximate surface area is 131 Å². The Kier molecular flexibility index (Phi) is 3.86. The molecule has 0 radical (unpaired) electrons. The summed E-state index contributed by atoms with van der Waals surface area (Å²) in [6.45, 7) is 4.58.